The molecule has 0 bridgehead atoms. The largest absolute Gasteiger partial charge is 0.481 e. The average molecular weight is 268 g/mol. The summed E-state index contributed by atoms with van der Waals surface area (Å²) in [5.41, 5.74) is 0.684. The van der Waals surface area contributed by atoms with E-state index in [1.165, 1.54) is 20.5 Å². The summed E-state index contributed by atoms with van der Waals surface area (Å²) < 4.78 is 10.3. The highest BCUT2D eigenvalue weighted by molar-refractivity contribution is 5.81. The molecule has 0 aliphatic rings. The van der Waals surface area contributed by atoms with Gasteiger partial charge in [-0.2, -0.15) is 0 Å². The summed E-state index contributed by atoms with van der Waals surface area (Å²) in [6.45, 7) is 4.65. The molecule has 0 aliphatic heterocycles. The predicted molar refractivity (Wildman–Crippen MR) is 70.1 cm³/mol. The molecule has 0 fully saturated rings. The number of methoxy groups -OCH3 is 2. The molecule has 1 aromatic heterocycles. The van der Waals surface area contributed by atoms with Gasteiger partial charge in [0.2, 0.25) is 17.7 Å². The molecule has 7 heteroatoms. The van der Waals surface area contributed by atoms with Crippen molar-refractivity contribution >= 4 is 5.91 Å². The van der Waals surface area contributed by atoms with E-state index in [1.807, 2.05) is 6.92 Å². The molecular weight excluding hydrogens is 248 g/mol. The molecule has 0 radical (unpaired) electrons. The molecule has 19 heavy (non-hydrogen) atoms. The molecule has 0 aromatic carbocycles. The van der Waals surface area contributed by atoms with Gasteiger partial charge in [0.15, 0.2) is 0 Å². The number of nitrogens with one attached hydrogen (secondary N) is 2. The van der Waals surface area contributed by atoms with Gasteiger partial charge in [0, 0.05) is 13.1 Å². The number of carbonyl (C=O) groups is 1. The summed E-state index contributed by atoms with van der Waals surface area (Å²) in [4.78, 5) is 19.6. The van der Waals surface area contributed by atoms with Gasteiger partial charge in [-0.25, -0.2) is 9.97 Å². The molecule has 0 saturated heterocycles. The minimum Gasteiger partial charge on any atom is -0.481 e. The van der Waals surface area contributed by atoms with Crippen LogP contribution in [0.15, 0.2) is 6.33 Å². The van der Waals surface area contributed by atoms with Crippen LogP contribution >= 0.6 is 0 Å². The van der Waals surface area contributed by atoms with E-state index in [-0.39, 0.29) is 11.9 Å². The molecule has 0 saturated carbocycles. The van der Waals surface area contributed by atoms with Gasteiger partial charge in [-0.05, 0) is 13.8 Å². The molecule has 0 aliphatic carbocycles. The fraction of sp³-hybridized carbons (Fsp3) is 0.583. The van der Waals surface area contributed by atoms with E-state index in [1.54, 1.807) is 6.92 Å². The predicted octanol–water partition coefficient (Wildman–Crippen LogP) is 0.108. The van der Waals surface area contributed by atoms with Crippen LogP contribution in [-0.4, -0.2) is 42.7 Å². The first kappa shape index (κ1) is 15.2. The minimum atomic E-state index is -0.324. The lowest BCUT2D eigenvalue weighted by molar-refractivity contribution is -0.122. The van der Waals surface area contributed by atoms with Gasteiger partial charge in [-0.3, -0.25) is 4.79 Å². The number of carbonyl (C=O) groups excluding carboxylic acids is 1. The maximum atomic E-state index is 11.6. The molecule has 1 heterocycles. The van der Waals surface area contributed by atoms with E-state index in [2.05, 4.69) is 20.6 Å². The zero-order valence-electron chi connectivity index (χ0n) is 11.7. The Labute approximate surface area is 112 Å². The average Bonchev–Trinajstić information content (AvgIpc) is 2.44. The van der Waals surface area contributed by atoms with E-state index in [4.69, 9.17) is 9.47 Å². The van der Waals surface area contributed by atoms with Crippen LogP contribution in [0.25, 0.3) is 0 Å². The fourth-order valence-electron chi connectivity index (χ4n) is 1.56. The van der Waals surface area contributed by atoms with Crippen molar-refractivity contribution in [3.8, 4) is 11.8 Å². The topological polar surface area (TPSA) is 85.4 Å². The summed E-state index contributed by atoms with van der Waals surface area (Å²) in [6.07, 6.45) is 1.37. The number of likely N-dealkylation sites (N-methyl/N-ethyl adjacent to an activating group) is 1. The van der Waals surface area contributed by atoms with E-state index in [0.717, 1.165) is 0 Å². The van der Waals surface area contributed by atoms with Crippen LogP contribution in [0.5, 0.6) is 11.8 Å². The summed E-state index contributed by atoms with van der Waals surface area (Å²) in [7, 11) is 3.05. The number of aromatic nitrogens is 2. The third-order valence-corrected chi connectivity index (χ3v) is 2.58. The van der Waals surface area contributed by atoms with E-state index in [9.17, 15) is 4.79 Å². The zero-order chi connectivity index (χ0) is 14.3. The Balaban J connectivity index is 2.73. The summed E-state index contributed by atoms with van der Waals surface area (Å²) in [5, 5.41) is 5.82. The Bertz CT molecular complexity index is 403. The van der Waals surface area contributed by atoms with Gasteiger partial charge in [0.25, 0.3) is 0 Å². The zero-order valence-corrected chi connectivity index (χ0v) is 11.7. The Hall–Kier alpha value is -1.89. The van der Waals surface area contributed by atoms with E-state index >= 15 is 0 Å². The second-order valence-corrected chi connectivity index (χ2v) is 3.87. The van der Waals surface area contributed by atoms with Crippen LogP contribution < -0.4 is 20.1 Å². The maximum absolute atomic E-state index is 11.6. The summed E-state index contributed by atoms with van der Waals surface area (Å²) in [6, 6.07) is -0.324. The molecule has 1 atom stereocenters. The van der Waals surface area contributed by atoms with Crippen molar-refractivity contribution in [2.45, 2.75) is 26.4 Å². The van der Waals surface area contributed by atoms with Crippen LogP contribution in [-0.2, 0) is 11.3 Å². The quantitative estimate of drug-likeness (QED) is 0.730. The molecule has 0 spiro atoms. The van der Waals surface area contributed by atoms with Gasteiger partial charge < -0.3 is 20.1 Å². The van der Waals surface area contributed by atoms with Crippen molar-refractivity contribution in [3.05, 3.63) is 11.9 Å². The lowest BCUT2D eigenvalue weighted by Crippen LogP contribution is -2.41. The first-order chi connectivity index (χ1) is 9.13. The SMILES string of the molecule is CCNC(=O)C(C)NCc1c(OC)ncnc1OC. The molecular formula is C12H20N4O3. The smallest absolute Gasteiger partial charge is 0.236 e. The van der Waals surface area contributed by atoms with Gasteiger partial charge in [0.1, 0.15) is 6.33 Å². The molecule has 2 N–H and O–H groups in total. The van der Waals surface area contributed by atoms with Gasteiger partial charge >= 0.3 is 0 Å². The number of rotatable bonds is 7. The minimum absolute atomic E-state index is 0.0581. The number of hydrogen-bond acceptors (Lipinski definition) is 6. The highest BCUT2D eigenvalue weighted by Gasteiger charge is 2.16. The fourth-order valence-corrected chi connectivity index (χ4v) is 1.56. The van der Waals surface area contributed by atoms with Crippen LogP contribution in [0.1, 0.15) is 19.4 Å². The van der Waals surface area contributed by atoms with Crippen molar-refractivity contribution < 1.29 is 14.3 Å². The highest BCUT2D eigenvalue weighted by Crippen LogP contribution is 2.22. The third-order valence-electron chi connectivity index (χ3n) is 2.58. The lowest BCUT2D eigenvalue weighted by Gasteiger charge is -2.15. The van der Waals surface area contributed by atoms with Crippen molar-refractivity contribution in [1.82, 2.24) is 20.6 Å². The summed E-state index contributed by atoms with van der Waals surface area (Å²) >= 11 is 0. The van der Waals surface area contributed by atoms with Gasteiger partial charge in [-0.1, -0.05) is 0 Å². The standard InChI is InChI=1S/C12H20N4O3/c1-5-13-10(17)8(2)14-6-9-11(18-3)15-7-16-12(9)19-4/h7-8,14H,5-6H2,1-4H3,(H,13,17). The normalized spacial score (nSPS) is 11.8. The van der Waals surface area contributed by atoms with Crippen molar-refractivity contribution in [2.24, 2.45) is 0 Å². The number of ether oxygens (including phenoxy) is 2. The maximum Gasteiger partial charge on any atom is 0.236 e. The number of hydrogen-bond donors (Lipinski definition) is 2. The summed E-state index contributed by atoms with van der Waals surface area (Å²) in [5.74, 6) is 0.808. The Morgan fingerprint density at radius 1 is 1.32 bits per heavy atom. The first-order valence-corrected chi connectivity index (χ1v) is 6.06. The van der Waals surface area contributed by atoms with Crippen molar-refractivity contribution in [1.29, 1.82) is 0 Å². The number of amides is 1. The number of nitrogens with zero attached hydrogens (tertiary/aromatic N) is 2. The molecule has 7 nitrogen and oxygen atoms in total. The monoisotopic (exact) mass is 268 g/mol. The van der Waals surface area contributed by atoms with Gasteiger partial charge in [0.05, 0.1) is 25.8 Å². The Kier molecular flexibility index (Phi) is 6.01. The van der Waals surface area contributed by atoms with E-state index in [0.29, 0.717) is 30.4 Å². The molecule has 1 amide bonds. The highest BCUT2D eigenvalue weighted by atomic mass is 16.5. The van der Waals surface area contributed by atoms with Gasteiger partial charge in [-0.15, -0.1) is 0 Å². The second-order valence-electron chi connectivity index (χ2n) is 3.87. The van der Waals surface area contributed by atoms with Crippen molar-refractivity contribution in [3.63, 3.8) is 0 Å². The van der Waals surface area contributed by atoms with E-state index < -0.39 is 0 Å². The molecule has 1 aromatic rings. The van der Waals surface area contributed by atoms with Crippen LogP contribution in [0.3, 0.4) is 0 Å². The van der Waals surface area contributed by atoms with Crippen molar-refractivity contribution in [2.75, 3.05) is 20.8 Å². The molecule has 1 rings (SSSR count). The van der Waals surface area contributed by atoms with Crippen LogP contribution in [0.4, 0.5) is 0 Å². The van der Waals surface area contributed by atoms with Crippen LogP contribution in [0, 0.1) is 0 Å². The lowest BCUT2D eigenvalue weighted by atomic mass is 10.2. The van der Waals surface area contributed by atoms with Crippen LogP contribution in [0.2, 0.25) is 0 Å². The molecule has 1 unspecified atom stereocenters. The Morgan fingerprint density at radius 2 is 1.89 bits per heavy atom. The Morgan fingerprint density at radius 3 is 2.37 bits per heavy atom. The first-order valence-electron chi connectivity index (χ1n) is 6.06. The molecule has 106 valence electrons. The second kappa shape index (κ2) is 7.52. The third kappa shape index (κ3) is 4.06.